The monoisotopic (exact) mass is 287 g/mol. The summed E-state index contributed by atoms with van der Waals surface area (Å²) in [5.41, 5.74) is -0.970. The zero-order valence-corrected chi connectivity index (χ0v) is 11.9. The van der Waals surface area contributed by atoms with Gasteiger partial charge in [0.15, 0.2) is 5.92 Å². The Kier molecular flexibility index (Phi) is 5.91. The average Bonchev–Trinajstić information content (AvgIpc) is 2.78. The van der Waals surface area contributed by atoms with Crippen LogP contribution in [0.1, 0.15) is 39.5 Å². The predicted molar refractivity (Wildman–Crippen MR) is 69.5 cm³/mol. The minimum Gasteiger partial charge on any atom is -0.465 e. The molecular weight excluding hydrogens is 266 g/mol. The minimum atomic E-state index is -1.20. The molecule has 0 unspecified atom stereocenters. The third-order valence-electron chi connectivity index (χ3n) is 3.70. The number of nitro groups is 1. The molecule has 1 aliphatic carbocycles. The number of hydrogen-bond donors (Lipinski definition) is 0. The summed E-state index contributed by atoms with van der Waals surface area (Å²) in [5.74, 6) is -2.63. The van der Waals surface area contributed by atoms with E-state index in [0.29, 0.717) is 12.8 Å². The maximum atomic E-state index is 12.1. The van der Waals surface area contributed by atoms with E-state index in [1.807, 2.05) is 0 Å². The van der Waals surface area contributed by atoms with Crippen molar-refractivity contribution >= 4 is 11.9 Å². The number of ether oxygens (including phenoxy) is 2. The summed E-state index contributed by atoms with van der Waals surface area (Å²) in [6, 6.07) is 0. The Balaban J connectivity index is 3.06. The largest absolute Gasteiger partial charge is 0.465 e. The Morgan fingerprint density at radius 1 is 1.15 bits per heavy atom. The van der Waals surface area contributed by atoms with Crippen LogP contribution in [0.15, 0.2) is 0 Å². The summed E-state index contributed by atoms with van der Waals surface area (Å²) >= 11 is 0. The molecule has 1 fully saturated rings. The Bertz CT molecular complexity index is 357. The van der Waals surface area contributed by atoms with Gasteiger partial charge in [-0.25, -0.2) is 0 Å². The molecule has 0 amide bonds. The first-order valence-electron chi connectivity index (χ1n) is 6.92. The van der Waals surface area contributed by atoms with Crippen LogP contribution in [0.2, 0.25) is 0 Å². The van der Waals surface area contributed by atoms with Crippen molar-refractivity contribution in [3.8, 4) is 0 Å². The molecule has 0 saturated heterocycles. The Labute approximate surface area is 117 Å². The molecule has 0 atom stereocenters. The van der Waals surface area contributed by atoms with Crippen LogP contribution >= 0.6 is 0 Å². The fraction of sp³-hybridized carbons (Fsp3) is 0.846. The van der Waals surface area contributed by atoms with Gasteiger partial charge in [-0.2, -0.15) is 0 Å². The lowest BCUT2D eigenvalue weighted by Gasteiger charge is -2.30. The standard InChI is InChI=1S/C13H21NO6/c1-3-19-11(15)10(12(16)20-4-2)13(9-14(17)18)7-5-6-8-13/h10H,3-9H2,1-2H3. The van der Waals surface area contributed by atoms with Gasteiger partial charge >= 0.3 is 11.9 Å². The molecule has 114 valence electrons. The average molecular weight is 287 g/mol. The van der Waals surface area contributed by atoms with E-state index in [1.54, 1.807) is 13.8 Å². The van der Waals surface area contributed by atoms with Gasteiger partial charge in [-0.3, -0.25) is 19.7 Å². The van der Waals surface area contributed by atoms with Crippen molar-refractivity contribution in [3.05, 3.63) is 10.1 Å². The highest BCUT2D eigenvalue weighted by Gasteiger charge is 2.54. The first-order chi connectivity index (χ1) is 9.46. The van der Waals surface area contributed by atoms with E-state index < -0.39 is 34.7 Å². The minimum absolute atomic E-state index is 0.128. The van der Waals surface area contributed by atoms with Crippen molar-refractivity contribution in [1.82, 2.24) is 0 Å². The van der Waals surface area contributed by atoms with E-state index in [2.05, 4.69) is 0 Å². The second-order valence-corrected chi connectivity index (χ2v) is 5.00. The molecule has 0 spiro atoms. The van der Waals surface area contributed by atoms with Gasteiger partial charge in [0.2, 0.25) is 6.54 Å². The summed E-state index contributed by atoms with van der Waals surface area (Å²) in [5, 5.41) is 10.9. The van der Waals surface area contributed by atoms with Crippen molar-refractivity contribution in [2.24, 2.45) is 11.3 Å². The highest BCUT2D eigenvalue weighted by molar-refractivity contribution is 5.96. The van der Waals surface area contributed by atoms with Crippen LogP contribution in [0.3, 0.4) is 0 Å². The number of nitrogens with zero attached hydrogens (tertiary/aromatic N) is 1. The lowest BCUT2D eigenvalue weighted by atomic mass is 9.73. The van der Waals surface area contributed by atoms with Gasteiger partial charge in [0.1, 0.15) is 0 Å². The number of hydrogen-bond acceptors (Lipinski definition) is 6. The summed E-state index contributed by atoms with van der Waals surface area (Å²) in [6.45, 7) is 3.12. The quantitative estimate of drug-likeness (QED) is 0.305. The van der Waals surface area contributed by atoms with Gasteiger partial charge in [0.05, 0.1) is 18.6 Å². The Morgan fingerprint density at radius 3 is 1.95 bits per heavy atom. The molecule has 0 heterocycles. The lowest BCUT2D eigenvalue weighted by molar-refractivity contribution is -0.499. The summed E-state index contributed by atoms with van der Waals surface area (Å²) < 4.78 is 9.86. The van der Waals surface area contributed by atoms with Gasteiger partial charge in [-0.1, -0.05) is 12.8 Å². The number of carbonyl (C=O) groups is 2. The lowest BCUT2D eigenvalue weighted by Crippen LogP contribution is -2.45. The van der Waals surface area contributed by atoms with Crippen molar-refractivity contribution in [2.45, 2.75) is 39.5 Å². The first-order valence-corrected chi connectivity index (χ1v) is 6.92. The Hall–Kier alpha value is -1.66. The van der Waals surface area contributed by atoms with Crippen LogP contribution in [0.25, 0.3) is 0 Å². The molecule has 7 nitrogen and oxygen atoms in total. The van der Waals surface area contributed by atoms with Crippen molar-refractivity contribution < 1.29 is 24.0 Å². The molecule has 1 rings (SSSR count). The van der Waals surface area contributed by atoms with Gasteiger partial charge in [-0.15, -0.1) is 0 Å². The van der Waals surface area contributed by atoms with E-state index in [0.717, 1.165) is 12.8 Å². The molecule has 0 bridgehead atoms. The Morgan fingerprint density at radius 2 is 1.60 bits per heavy atom. The van der Waals surface area contributed by atoms with Crippen molar-refractivity contribution in [3.63, 3.8) is 0 Å². The van der Waals surface area contributed by atoms with Gasteiger partial charge in [-0.05, 0) is 26.7 Å². The third kappa shape index (κ3) is 3.68. The van der Waals surface area contributed by atoms with Crippen LogP contribution in [-0.2, 0) is 19.1 Å². The molecule has 0 N–H and O–H groups in total. The molecule has 7 heteroatoms. The van der Waals surface area contributed by atoms with Crippen LogP contribution in [-0.4, -0.2) is 36.6 Å². The topological polar surface area (TPSA) is 95.7 Å². The molecule has 20 heavy (non-hydrogen) atoms. The van der Waals surface area contributed by atoms with Crippen LogP contribution < -0.4 is 0 Å². The fourth-order valence-electron chi connectivity index (χ4n) is 2.92. The van der Waals surface area contributed by atoms with E-state index in [4.69, 9.17) is 9.47 Å². The number of rotatable bonds is 7. The molecular formula is C13H21NO6. The molecule has 0 aliphatic heterocycles. The second kappa shape index (κ2) is 7.21. The van der Waals surface area contributed by atoms with Gasteiger partial charge in [0, 0.05) is 4.92 Å². The SMILES string of the molecule is CCOC(=O)C(C(=O)OCC)C1(C[N+](=O)[O-])CCCC1. The molecule has 0 aromatic heterocycles. The van der Waals surface area contributed by atoms with E-state index >= 15 is 0 Å². The van der Waals surface area contributed by atoms with Crippen molar-refractivity contribution in [1.29, 1.82) is 0 Å². The number of carbonyl (C=O) groups excluding carboxylic acids is 2. The second-order valence-electron chi connectivity index (χ2n) is 5.00. The highest BCUT2D eigenvalue weighted by atomic mass is 16.6. The number of esters is 2. The van der Waals surface area contributed by atoms with Crippen LogP contribution in [0.4, 0.5) is 0 Å². The third-order valence-corrected chi connectivity index (χ3v) is 3.70. The smallest absolute Gasteiger partial charge is 0.321 e. The molecule has 1 saturated carbocycles. The summed E-state index contributed by atoms with van der Waals surface area (Å²) in [6.07, 6.45) is 2.47. The van der Waals surface area contributed by atoms with E-state index in [9.17, 15) is 19.7 Å². The zero-order chi connectivity index (χ0) is 15.2. The summed E-state index contributed by atoms with van der Waals surface area (Å²) in [4.78, 5) is 34.6. The normalized spacial score (nSPS) is 16.9. The molecule has 0 radical (unpaired) electrons. The maximum Gasteiger partial charge on any atom is 0.321 e. The molecule has 1 aliphatic rings. The van der Waals surface area contributed by atoms with E-state index in [1.165, 1.54) is 0 Å². The van der Waals surface area contributed by atoms with E-state index in [-0.39, 0.29) is 13.2 Å². The van der Waals surface area contributed by atoms with Crippen LogP contribution in [0, 0.1) is 21.4 Å². The zero-order valence-electron chi connectivity index (χ0n) is 11.9. The maximum absolute atomic E-state index is 12.1. The highest BCUT2D eigenvalue weighted by Crippen LogP contribution is 2.45. The fourth-order valence-corrected chi connectivity index (χ4v) is 2.92. The summed E-state index contributed by atoms with van der Waals surface area (Å²) in [7, 11) is 0. The van der Waals surface area contributed by atoms with Gasteiger partial charge in [0.25, 0.3) is 0 Å². The van der Waals surface area contributed by atoms with Crippen molar-refractivity contribution in [2.75, 3.05) is 19.8 Å². The first kappa shape index (κ1) is 16.4. The van der Waals surface area contributed by atoms with Crippen LogP contribution in [0.5, 0.6) is 0 Å². The molecule has 0 aromatic carbocycles. The molecule has 0 aromatic rings. The predicted octanol–water partition coefficient (Wildman–Crippen LogP) is 1.57. The van der Waals surface area contributed by atoms with Gasteiger partial charge < -0.3 is 9.47 Å².